The van der Waals surface area contributed by atoms with E-state index in [1.807, 2.05) is 24.3 Å². The van der Waals surface area contributed by atoms with Crippen molar-refractivity contribution in [3.8, 4) is 5.75 Å². The molecule has 1 atom stereocenters. The number of carbonyl (C=O) groups excluding carboxylic acids is 1. The van der Waals surface area contributed by atoms with Crippen LogP contribution < -0.4 is 15.8 Å². The summed E-state index contributed by atoms with van der Waals surface area (Å²) in [7, 11) is 1.66. The first-order valence-corrected chi connectivity index (χ1v) is 7.79. The topological polar surface area (TPSA) is 64.3 Å². The Balaban J connectivity index is 0.00000288. The number of para-hydroxylation sites is 1. The lowest BCUT2D eigenvalue weighted by molar-refractivity contribution is 0.0925. The van der Waals surface area contributed by atoms with Crippen LogP contribution >= 0.6 is 12.4 Å². The molecule has 130 valence electrons. The van der Waals surface area contributed by atoms with Crippen LogP contribution in [0.5, 0.6) is 5.75 Å². The van der Waals surface area contributed by atoms with Crippen LogP contribution in [0, 0.1) is 5.92 Å². The Labute approximate surface area is 149 Å². The van der Waals surface area contributed by atoms with Gasteiger partial charge in [0, 0.05) is 17.3 Å². The smallest absolute Gasteiger partial charge is 0.251 e. The fraction of sp³-hybridized carbons (Fsp3) is 0.316. The van der Waals surface area contributed by atoms with Gasteiger partial charge in [-0.1, -0.05) is 38.1 Å². The Morgan fingerprint density at radius 3 is 2.50 bits per heavy atom. The van der Waals surface area contributed by atoms with Crippen molar-refractivity contribution in [3.63, 3.8) is 0 Å². The molecule has 24 heavy (non-hydrogen) atoms. The number of hydrogen-bond acceptors (Lipinski definition) is 3. The maximum atomic E-state index is 12.5. The zero-order chi connectivity index (χ0) is 16.8. The molecule has 0 bridgehead atoms. The minimum absolute atomic E-state index is 0. The molecule has 5 heteroatoms. The summed E-state index contributed by atoms with van der Waals surface area (Å²) in [6.07, 6.45) is 0.718. The molecule has 0 aromatic heterocycles. The van der Waals surface area contributed by atoms with Gasteiger partial charge in [-0.25, -0.2) is 0 Å². The van der Waals surface area contributed by atoms with Crippen LogP contribution in [-0.4, -0.2) is 19.1 Å². The van der Waals surface area contributed by atoms with Crippen LogP contribution in [0.25, 0.3) is 0 Å². The number of hydrogen-bond donors (Lipinski definition) is 2. The van der Waals surface area contributed by atoms with Gasteiger partial charge in [0.1, 0.15) is 5.75 Å². The Morgan fingerprint density at radius 1 is 1.17 bits per heavy atom. The number of nitrogen functional groups attached to an aromatic ring is 1. The highest BCUT2D eigenvalue weighted by atomic mass is 35.5. The Bertz CT molecular complexity index is 674. The fourth-order valence-corrected chi connectivity index (χ4v) is 2.49. The average Bonchev–Trinajstić information content (AvgIpc) is 2.54. The standard InChI is InChI=1S/C19H24N2O2.ClH/c1-13(2)17(12-14-7-4-5-10-18(14)23-3)21-19(22)15-8-6-9-16(20)11-15;/h4-11,13,17H,12,20H2,1-3H3,(H,21,22);1H. The van der Waals surface area contributed by atoms with Crippen LogP contribution in [0.2, 0.25) is 0 Å². The van der Waals surface area contributed by atoms with Crippen LogP contribution in [0.4, 0.5) is 5.69 Å². The van der Waals surface area contributed by atoms with E-state index >= 15 is 0 Å². The SMILES string of the molecule is COc1ccccc1CC(NC(=O)c1cccc(N)c1)C(C)C.Cl. The summed E-state index contributed by atoms with van der Waals surface area (Å²) in [5.41, 5.74) is 8.00. The van der Waals surface area contributed by atoms with E-state index in [0.717, 1.165) is 17.7 Å². The van der Waals surface area contributed by atoms with E-state index in [2.05, 4.69) is 19.2 Å². The number of carbonyl (C=O) groups is 1. The highest BCUT2D eigenvalue weighted by Crippen LogP contribution is 2.21. The third-order valence-electron chi connectivity index (χ3n) is 3.90. The Kier molecular flexibility index (Phi) is 7.59. The quantitative estimate of drug-likeness (QED) is 0.782. The van der Waals surface area contributed by atoms with Crippen molar-refractivity contribution in [3.05, 3.63) is 59.7 Å². The number of rotatable bonds is 6. The largest absolute Gasteiger partial charge is 0.496 e. The second-order valence-electron chi connectivity index (χ2n) is 5.97. The van der Waals surface area contributed by atoms with Gasteiger partial charge in [0.05, 0.1) is 7.11 Å². The van der Waals surface area contributed by atoms with Crippen molar-refractivity contribution < 1.29 is 9.53 Å². The lowest BCUT2D eigenvalue weighted by atomic mass is 9.95. The number of nitrogens with two attached hydrogens (primary N) is 1. The minimum Gasteiger partial charge on any atom is -0.496 e. The normalized spacial score (nSPS) is 11.5. The molecule has 4 nitrogen and oxygen atoms in total. The number of methoxy groups -OCH3 is 1. The van der Waals surface area contributed by atoms with Gasteiger partial charge >= 0.3 is 0 Å². The van der Waals surface area contributed by atoms with E-state index in [9.17, 15) is 4.79 Å². The molecule has 3 N–H and O–H groups in total. The number of anilines is 1. The second kappa shape index (κ2) is 9.18. The second-order valence-corrected chi connectivity index (χ2v) is 5.97. The van der Waals surface area contributed by atoms with E-state index in [1.165, 1.54) is 0 Å². The van der Waals surface area contributed by atoms with Crippen molar-refractivity contribution >= 4 is 24.0 Å². The molecule has 2 rings (SSSR count). The fourth-order valence-electron chi connectivity index (χ4n) is 2.49. The highest BCUT2D eigenvalue weighted by Gasteiger charge is 2.19. The Morgan fingerprint density at radius 2 is 1.88 bits per heavy atom. The maximum Gasteiger partial charge on any atom is 0.251 e. The zero-order valence-corrected chi connectivity index (χ0v) is 15.1. The molecule has 0 aliphatic heterocycles. The van der Waals surface area contributed by atoms with Gasteiger partial charge in [0.15, 0.2) is 0 Å². The summed E-state index contributed by atoms with van der Waals surface area (Å²) in [6, 6.07) is 14.9. The van der Waals surface area contributed by atoms with Crippen molar-refractivity contribution in [1.29, 1.82) is 0 Å². The lowest BCUT2D eigenvalue weighted by Gasteiger charge is -2.23. The third kappa shape index (κ3) is 5.17. The zero-order valence-electron chi connectivity index (χ0n) is 14.3. The monoisotopic (exact) mass is 348 g/mol. The van der Waals surface area contributed by atoms with E-state index in [4.69, 9.17) is 10.5 Å². The van der Waals surface area contributed by atoms with Gasteiger partial charge in [0.2, 0.25) is 0 Å². The van der Waals surface area contributed by atoms with Crippen molar-refractivity contribution in [2.24, 2.45) is 5.92 Å². The summed E-state index contributed by atoms with van der Waals surface area (Å²) in [6.45, 7) is 4.19. The minimum atomic E-state index is -0.106. The molecular weight excluding hydrogens is 324 g/mol. The van der Waals surface area contributed by atoms with E-state index in [1.54, 1.807) is 31.4 Å². The molecule has 2 aromatic carbocycles. The predicted molar refractivity (Wildman–Crippen MR) is 101 cm³/mol. The van der Waals surface area contributed by atoms with Crippen molar-refractivity contribution in [2.75, 3.05) is 12.8 Å². The van der Waals surface area contributed by atoms with Crippen molar-refractivity contribution in [2.45, 2.75) is 26.3 Å². The summed E-state index contributed by atoms with van der Waals surface area (Å²) in [5.74, 6) is 1.03. The molecular formula is C19H25ClN2O2. The first-order chi connectivity index (χ1) is 11.0. The summed E-state index contributed by atoms with van der Waals surface area (Å²) in [5, 5.41) is 3.11. The molecule has 0 spiro atoms. The van der Waals surface area contributed by atoms with E-state index in [0.29, 0.717) is 17.2 Å². The number of halogens is 1. The van der Waals surface area contributed by atoms with Gasteiger partial charge in [-0.15, -0.1) is 12.4 Å². The number of benzene rings is 2. The van der Waals surface area contributed by atoms with Gasteiger partial charge in [0.25, 0.3) is 5.91 Å². The van der Waals surface area contributed by atoms with Crippen molar-refractivity contribution in [1.82, 2.24) is 5.32 Å². The van der Waals surface area contributed by atoms with E-state index in [-0.39, 0.29) is 24.4 Å². The Hall–Kier alpha value is -2.20. The molecule has 1 unspecified atom stereocenters. The molecule has 1 amide bonds. The first kappa shape index (κ1) is 19.8. The average molecular weight is 349 g/mol. The number of nitrogens with one attached hydrogen (secondary N) is 1. The lowest BCUT2D eigenvalue weighted by Crippen LogP contribution is -2.40. The van der Waals surface area contributed by atoms with Crippen LogP contribution in [0.1, 0.15) is 29.8 Å². The number of amides is 1. The third-order valence-corrected chi connectivity index (χ3v) is 3.90. The molecule has 0 radical (unpaired) electrons. The molecule has 0 saturated heterocycles. The van der Waals surface area contributed by atoms with Gasteiger partial charge in [-0.3, -0.25) is 4.79 Å². The maximum absolute atomic E-state index is 12.5. The van der Waals surface area contributed by atoms with Gasteiger partial charge in [-0.05, 0) is 42.2 Å². The summed E-state index contributed by atoms with van der Waals surface area (Å²) >= 11 is 0. The summed E-state index contributed by atoms with van der Waals surface area (Å²) in [4.78, 5) is 12.5. The van der Waals surface area contributed by atoms with Crippen LogP contribution in [0.3, 0.4) is 0 Å². The molecule has 0 aliphatic carbocycles. The number of ether oxygens (including phenoxy) is 1. The van der Waals surface area contributed by atoms with Crippen LogP contribution in [-0.2, 0) is 6.42 Å². The van der Waals surface area contributed by atoms with Crippen LogP contribution in [0.15, 0.2) is 48.5 Å². The molecule has 2 aromatic rings. The first-order valence-electron chi connectivity index (χ1n) is 7.79. The molecule has 0 heterocycles. The molecule has 0 aliphatic rings. The van der Waals surface area contributed by atoms with Gasteiger partial charge in [-0.2, -0.15) is 0 Å². The van der Waals surface area contributed by atoms with Gasteiger partial charge < -0.3 is 15.8 Å². The summed E-state index contributed by atoms with van der Waals surface area (Å²) < 4.78 is 5.40. The molecule has 0 fully saturated rings. The highest BCUT2D eigenvalue weighted by molar-refractivity contribution is 5.95. The molecule has 0 saturated carbocycles. The van der Waals surface area contributed by atoms with E-state index < -0.39 is 0 Å². The predicted octanol–water partition coefficient (Wildman–Crippen LogP) is 3.70.